The highest BCUT2D eigenvalue weighted by Crippen LogP contribution is 2.14. The molecule has 1 aromatic carbocycles. The lowest BCUT2D eigenvalue weighted by Gasteiger charge is -2.02. The van der Waals surface area contributed by atoms with E-state index in [-0.39, 0.29) is 0 Å². The summed E-state index contributed by atoms with van der Waals surface area (Å²) in [5.74, 6) is 0.491. The summed E-state index contributed by atoms with van der Waals surface area (Å²) in [5, 5.41) is 20.0. The molecule has 0 bridgehead atoms. The number of aromatic nitrogens is 3. The fraction of sp³-hybridized carbons (Fsp3) is 0.182. The maximum Gasteiger partial charge on any atom is 0.207 e. The zero-order chi connectivity index (χ0) is 11.5. The molecule has 0 radical (unpaired) electrons. The van der Waals surface area contributed by atoms with Gasteiger partial charge < -0.3 is 5.32 Å². The highest BCUT2D eigenvalue weighted by molar-refractivity contribution is 5.48. The topological polar surface area (TPSA) is 66.5 Å². The Bertz CT molecular complexity index is 550. The number of nitrogens with one attached hydrogen (secondary N) is 1. The molecule has 2 aromatic rings. The number of rotatable bonds is 2. The van der Waals surface area contributed by atoms with Crippen molar-refractivity contribution in [3.8, 4) is 11.8 Å². The van der Waals surface area contributed by atoms with Crippen molar-refractivity contribution in [1.82, 2.24) is 15.0 Å². The van der Waals surface area contributed by atoms with Crippen molar-refractivity contribution in [2.75, 3.05) is 12.4 Å². The smallest absolute Gasteiger partial charge is 0.207 e. The first-order valence-electron chi connectivity index (χ1n) is 4.87. The Labute approximate surface area is 93.3 Å². The Morgan fingerprint density at radius 1 is 1.31 bits per heavy atom. The largest absolute Gasteiger partial charge is 0.369 e. The highest BCUT2D eigenvalue weighted by Gasteiger charge is 2.10. The number of nitriles is 1. The molecule has 1 heterocycles. The van der Waals surface area contributed by atoms with E-state index < -0.39 is 0 Å². The summed E-state index contributed by atoms with van der Waals surface area (Å²) in [6.07, 6.45) is 0. The molecule has 1 N–H and O–H groups in total. The Balaban J connectivity index is 2.54. The lowest BCUT2D eigenvalue weighted by atomic mass is 10.2. The number of aryl methyl sites for hydroxylation is 1. The van der Waals surface area contributed by atoms with E-state index in [0.29, 0.717) is 11.5 Å². The third-order valence-electron chi connectivity index (χ3n) is 2.29. The Morgan fingerprint density at radius 3 is 2.62 bits per heavy atom. The van der Waals surface area contributed by atoms with Gasteiger partial charge >= 0.3 is 0 Å². The molecular formula is C11H11N5. The van der Waals surface area contributed by atoms with Crippen molar-refractivity contribution in [1.29, 1.82) is 5.26 Å². The molecule has 0 saturated carbocycles. The van der Waals surface area contributed by atoms with Crippen molar-refractivity contribution >= 4 is 5.82 Å². The first kappa shape index (κ1) is 10.2. The maximum absolute atomic E-state index is 8.87. The number of hydrogen-bond donors (Lipinski definition) is 1. The third kappa shape index (κ3) is 1.61. The van der Waals surface area contributed by atoms with Crippen LogP contribution in [0.4, 0.5) is 5.82 Å². The van der Waals surface area contributed by atoms with Crippen molar-refractivity contribution in [3.05, 3.63) is 35.5 Å². The van der Waals surface area contributed by atoms with E-state index in [4.69, 9.17) is 5.26 Å². The van der Waals surface area contributed by atoms with Crippen LogP contribution in [-0.2, 0) is 0 Å². The fourth-order valence-corrected chi connectivity index (χ4v) is 1.45. The lowest BCUT2D eigenvalue weighted by molar-refractivity contribution is 0.746. The first-order chi connectivity index (χ1) is 7.76. The predicted molar refractivity (Wildman–Crippen MR) is 60.4 cm³/mol. The van der Waals surface area contributed by atoms with Gasteiger partial charge in [0, 0.05) is 7.05 Å². The van der Waals surface area contributed by atoms with Gasteiger partial charge in [-0.05, 0) is 18.6 Å². The second kappa shape index (κ2) is 4.03. The number of nitrogens with zero attached hydrogens (tertiary/aromatic N) is 4. The summed E-state index contributed by atoms with van der Waals surface area (Å²) in [6.45, 7) is 1.98. The quantitative estimate of drug-likeness (QED) is 0.820. The van der Waals surface area contributed by atoms with Crippen LogP contribution >= 0.6 is 0 Å². The van der Waals surface area contributed by atoms with Gasteiger partial charge in [0.15, 0.2) is 5.82 Å². The van der Waals surface area contributed by atoms with Gasteiger partial charge in [0.2, 0.25) is 5.69 Å². The van der Waals surface area contributed by atoms with Crippen molar-refractivity contribution in [3.63, 3.8) is 0 Å². The summed E-state index contributed by atoms with van der Waals surface area (Å²) in [4.78, 5) is 1.47. The predicted octanol–water partition coefficient (Wildman–Crippen LogP) is 1.49. The molecule has 0 aliphatic rings. The average Bonchev–Trinajstić information content (AvgIpc) is 2.72. The lowest BCUT2D eigenvalue weighted by Crippen LogP contribution is -2.01. The Morgan fingerprint density at radius 2 is 2.06 bits per heavy atom. The molecule has 0 aliphatic heterocycles. The van der Waals surface area contributed by atoms with Gasteiger partial charge in [0.1, 0.15) is 6.07 Å². The van der Waals surface area contributed by atoms with E-state index in [0.717, 1.165) is 11.3 Å². The highest BCUT2D eigenvalue weighted by atomic mass is 15.5. The monoisotopic (exact) mass is 213 g/mol. The van der Waals surface area contributed by atoms with Crippen LogP contribution in [0.3, 0.4) is 0 Å². The molecule has 0 unspecified atom stereocenters. The summed E-state index contributed by atoms with van der Waals surface area (Å²) < 4.78 is 0. The van der Waals surface area contributed by atoms with E-state index in [1.54, 1.807) is 7.05 Å². The molecule has 5 nitrogen and oxygen atoms in total. The molecule has 16 heavy (non-hydrogen) atoms. The third-order valence-corrected chi connectivity index (χ3v) is 2.29. The minimum atomic E-state index is 0.297. The first-order valence-corrected chi connectivity index (χ1v) is 4.87. The molecule has 0 fully saturated rings. The molecule has 0 saturated heterocycles. The Kier molecular flexibility index (Phi) is 2.56. The van der Waals surface area contributed by atoms with Crippen molar-refractivity contribution in [2.45, 2.75) is 6.92 Å². The number of para-hydroxylation sites is 1. The normalized spacial score (nSPS) is 9.81. The molecule has 0 spiro atoms. The van der Waals surface area contributed by atoms with Gasteiger partial charge in [-0.1, -0.05) is 18.2 Å². The standard InChI is InChI=1S/C11H11N5/c1-8-5-3-4-6-10(8)16-14-9(7-12)11(13-2)15-16/h3-6H,1-2H3,(H,13,15). The van der Waals surface area contributed by atoms with Crippen LogP contribution in [0, 0.1) is 18.3 Å². The van der Waals surface area contributed by atoms with E-state index in [2.05, 4.69) is 15.5 Å². The van der Waals surface area contributed by atoms with Crippen LogP contribution in [0.5, 0.6) is 0 Å². The van der Waals surface area contributed by atoms with E-state index >= 15 is 0 Å². The maximum atomic E-state index is 8.87. The molecule has 1 aromatic heterocycles. The number of hydrogen-bond acceptors (Lipinski definition) is 4. The van der Waals surface area contributed by atoms with Crippen molar-refractivity contribution < 1.29 is 0 Å². The van der Waals surface area contributed by atoms with Gasteiger partial charge in [0.25, 0.3) is 0 Å². The average molecular weight is 213 g/mol. The van der Waals surface area contributed by atoms with Crippen LogP contribution < -0.4 is 5.32 Å². The van der Waals surface area contributed by atoms with Crippen LogP contribution in [-0.4, -0.2) is 22.0 Å². The van der Waals surface area contributed by atoms with Crippen LogP contribution in [0.25, 0.3) is 5.69 Å². The summed E-state index contributed by atoms with van der Waals surface area (Å²) in [5.41, 5.74) is 2.23. The molecule has 0 atom stereocenters. The van der Waals surface area contributed by atoms with Crippen LogP contribution in [0.2, 0.25) is 0 Å². The van der Waals surface area contributed by atoms with E-state index in [1.165, 1.54) is 4.80 Å². The minimum Gasteiger partial charge on any atom is -0.369 e. The summed E-state index contributed by atoms with van der Waals surface area (Å²) in [7, 11) is 1.72. The summed E-state index contributed by atoms with van der Waals surface area (Å²) >= 11 is 0. The second-order valence-electron chi connectivity index (χ2n) is 3.33. The molecule has 2 rings (SSSR count). The van der Waals surface area contributed by atoms with Gasteiger partial charge in [-0.25, -0.2) is 0 Å². The molecule has 0 aliphatic carbocycles. The summed E-state index contributed by atoms with van der Waals surface area (Å²) in [6, 6.07) is 9.75. The Hall–Kier alpha value is -2.35. The van der Waals surface area contributed by atoms with E-state index in [1.807, 2.05) is 37.3 Å². The molecule has 0 amide bonds. The van der Waals surface area contributed by atoms with Crippen LogP contribution in [0.15, 0.2) is 24.3 Å². The zero-order valence-corrected chi connectivity index (χ0v) is 9.10. The molecular weight excluding hydrogens is 202 g/mol. The van der Waals surface area contributed by atoms with Gasteiger partial charge in [-0.2, -0.15) is 5.26 Å². The molecule has 80 valence electrons. The van der Waals surface area contributed by atoms with Crippen molar-refractivity contribution in [2.24, 2.45) is 0 Å². The van der Waals surface area contributed by atoms with Crippen LogP contribution in [0.1, 0.15) is 11.3 Å². The zero-order valence-electron chi connectivity index (χ0n) is 9.10. The minimum absolute atomic E-state index is 0.297. The number of benzene rings is 1. The van der Waals surface area contributed by atoms with Gasteiger partial charge in [0.05, 0.1) is 5.69 Å². The SMILES string of the molecule is CNc1nn(-c2ccccc2C)nc1C#N. The van der Waals surface area contributed by atoms with E-state index in [9.17, 15) is 0 Å². The number of anilines is 1. The molecule has 5 heteroatoms. The fourth-order valence-electron chi connectivity index (χ4n) is 1.45. The van der Waals surface area contributed by atoms with Gasteiger partial charge in [-0.3, -0.25) is 0 Å². The second-order valence-corrected chi connectivity index (χ2v) is 3.33. The van der Waals surface area contributed by atoms with Gasteiger partial charge in [-0.15, -0.1) is 15.0 Å².